The van der Waals surface area contributed by atoms with Gasteiger partial charge in [0.1, 0.15) is 29.0 Å². The SMILES string of the molecule is CC(=O)OC1CC2C(C)(C)OC(=O)C=CC2(C)C2CCC3(C)OC4(CC3C12C)c1ccccc1N1C(=O)C2(CC2)NC14. The summed E-state index contributed by atoms with van der Waals surface area (Å²) in [5.41, 5.74) is -1.15. The van der Waals surface area contributed by atoms with Gasteiger partial charge in [0.2, 0.25) is 5.91 Å². The molecule has 8 heteroatoms. The van der Waals surface area contributed by atoms with Gasteiger partial charge in [-0.25, -0.2) is 4.79 Å². The van der Waals surface area contributed by atoms with Gasteiger partial charge in [0.05, 0.1) is 11.3 Å². The second-order valence-corrected chi connectivity index (χ2v) is 15.4. The highest BCUT2D eigenvalue weighted by atomic mass is 16.6. The molecule has 4 aliphatic heterocycles. The van der Waals surface area contributed by atoms with Crippen molar-refractivity contribution in [3.63, 3.8) is 0 Å². The van der Waals surface area contributed by atoms with Gasteiger partial charge in [-0.2, -0.15) is 0 Å². The number of hydrogen-bond donors (Lipinski definition) is 1. The van der Waals surface area contributed by atoms with Crippen LogP contribution >= 0.6 is 0 Å². The van der Waals surface area contributed by atoms with Crippen molar-refractivity contribution in [2.45, 2.75) is 115 Å². The molecule has 224 valence electrons. The summed E-state index contributed by atoms with van der Waals surface area (Å²) in [4.78, 5) is 41.2. The zero-order valence-corrected chi connectivity index (χ0v) is 25.5. The molecule has 5 fully saturated rings. The van der Waals surface area contributed by atoms with Crippen molar-refractivity contribution in [2.75, 3.05) is 4.90 Å². The van der Waals surface area contributed by atoms with Gasteiger partial charge in [-0.05, 0) is 76.7 Å². The van der Waals surface area contributed by atoms with Crippen molar-refractivity contribution in [1.29, 1.82) is 0 Å². The van der Waals surface area contributed by atoms with E-state index in [9.17, 15) is 14.4 Å². The van der Waals surface area contributed by atoms with Crippen LogP contribution in [0.5, 0.6) is 0 Å². The van der Waals surface area contributed by atoms with E-state index in [4.69, 9.17) is 14.2 Å². The molecule has 2 saturated heterocycles. The highest BCUT2D eigenvalue weighted by molar-refractivity contribution is 6.07. The van der Waals surface area contributed by atoms with Crippen molar-refractivity contribution in [3.05, 3.63) is 42.0 Å². The summed E-state index contributed by atoms with van der Waals surface area (Å²) < 4.78 is 19.7. The van der Waals surface area contributed by atoms with Crippen LogP contribution in [0.2, 0.25) is 0 Å². The van der Waals surface area contributed by atoms with Crippen LogP contribution in [0.3, 0.4) is 0 Å². The van der Waals surface area contributed by atoms with E-state index in [2.05, 4.69) is 44.3 Å². The molecule has 9 atom stereocenters. The van der Waals surface area contributed by atoms with Gasteiger partial charge in [0.25, 0.3) is 0 Å². The topological polar surface area (TPSA) is 94.2 Å². The lowest BCUT2D eigenvalue weighted by molar-refractivity contribution is -0.241. The Bertz CT molecular complexity index is 1470. The molecule has 1 N–H and O–H groups in total. The number of rotatable bonds is 1. The molecule has 7 aliphatic rings. The quantitative estimate of drug-likeness (QED) is 0.484. The van der Waals surface area contributed by atoms with E-state index in [0.29, 0.717) is 12.8 Å². The van der Waals surface area contributed by atoms with Crippen molar-refractivity contribution in [3.8, 4) is 0 Å². The third-order valence-electron chi connectivity index (χ3n) is 12.9. The van der Waals surface area contributed by atoms with Crippen LogP contribution in [0.15, 0.2) is 36.4 Å². The molecule has 8 rings (SSSR count). The monoisotopic (exact) mass is 574 g/mol. The summed E-state index contributed by atoms with van der Waals surface area (Å²) >= 11 is 0. The Morgan fingerprint density at radius 1 is 1.02 bits per heavy atom. The van der Waals surface area contributed by atoms with Crippen LogP contribution < -0.4 is 10.2 Å². The molecule has 2 spiro atoms. The molecular formula is C34H42N2O6. The maximum Gasteiger partial charge on any atom is 0.330 e. The van der Waals surface area contributed by atoms with Crippen LogP contribution in [0, 0.1) is 28.6 Å². The largest absolute Gasteiger partial charge is 0.462 e. The Hall–Kier alpha value is -2.71. The number of cyclic esters (lactones) is 1. The predicted octanol–water partition coefficient (Wildman–Crippen LogP) is 4.75. The number of fused-ring (bicyclic) bond motifs is 10. The van der Waals surface area contributed by atoms with Gasteiger partial charge in [-0.15, -0.1) is 0 Å². The number of esters is 2. The first-order chi connectivity index (χ1) is 19.7. The van der Waals surface area contributed by atoms with Gasteiger partial charge < -0.3 is 14.2 Å². The molecule has 0 bridgehead atoms. The summed E-state index contributed by atoms with van der Waals surface area (Å²) in [7, 11) is 0. The number of ether oxygens (including phenoxy) is 3. The number of nitrogens with zero attached hydrogens (tertiary/aromatic N) is 1. The molecule has 9 unspecified atom stereocenters. The van der Waals surface area contributed by atoms with Crippen LogP contribution in [0.25, 0.3) is 0 Å². The molecule has 42 heavy (non-hydrogen) atoms. The molecular weight excluding hydrogens is 532 g/mol. The Labute approximate surface area is 247 Å². The van der Waals surface area contributed by atoms with E-state index < -0.39 is 27.8 Å². The van der Waals surface area contributed by atoms with Gasteiger partial charge in [-0.1, -0.05) is 38.1 Å². The van der Waals surface area contributed by atoms with E-state index in [-0.39, 0.29) is 53.3 Å². The molecule has 1 aromatic rings. The highest BCUT2D eigenvalue weighted by Crippen LogP contribution is 2.73. The van der Waals surface area contributed by atoms with E-state index in [1.807, 2.05) is 30.9 Å². The van der Waals surface area contributed by atoms with Gasteiger partial charge in [-0.3, -0.25) is 19.8 Å². The number of carbonyl (C=O) groups is 3. The summed E-state index contributed by atoms with van der Waals surface area (Å²) in [6, 6.07) is 8.23. The zero-order valence-electron chi connectivity index (χ0n) is 25.5. The highest BCUT2D eigenvalue weighted by Gasteiger charge is 2.76. The van der Waals surface area contributed by atoms with Crippen LogP contribution in [-0.2, 0) is 34.2 Å². The number of nitrogens with one attached hydrogen (secondary N) is 1. The van der Waals surface area contributed by atoms with Crippen molar-refractivity contribution >= 4 is 23.5 Å². The summed E-state index contributed by atoms with van der Waals surface area (Å²) in [6.45, 7) is 12.3. The minimum atomic E-state index is -0.721. The Kier molecular flexibility index (Phi) is 5.03. The first kappa shape index (κ1) is 26.9. The number of anilines is 1. The van der Waals surface area contributed by atoms with E-state index in [0.717, 1.165) is 36.9 Å². The first-order valence-electron chi connectivity index (χ1n) is 15.7. The molecule has 3 aliphatic carbocycles. The van der Waals surface area contributed by atoms with Gasteiger partial charge in [0.15, 0.2) is 0 Å². The normalized spacial score (nSPS) is 46.8. The molecule has 8 nitrogen and oxygen atoms in total. The van der Waals surface area contributed by atoms with E-state index in [1.54, 1.807) is 6.08 Å². The van der Waals surface area contributed by atoms with E-state index >= 15 is 0 Å². The summed E-state index contributed by atoms with van der Waals surface area (Å²) in [5.74, 6) is -0.315. The number of amides is 1. The predicted molar refractivity (Wildman–Crippen MR) is 154 cm³/mol. The minimum absolute atomic E-state index is 0.0256. The second kappa shape index (κ2) is 7.86. The average Bonchev–Trinajstić information content (AvgIpc) is 3.48. The fourth-order valence-electron chi connectivity index (χ4n) is 11.1. The third kappa shape index (κ3) is 3.08. The maximum absolute atomic E-state index is 13.8. The Morgan fingerprint density at radius 3 is 2.48 bits per heavy atom. The standard InChI is InChI=1S/C34H42N2O6/c1-19(37)40-25-17-23-29(2,3)41-26(38)12-13-30(23,4)22-11-14-31(5)24(32(22,25)6)18-34(42-31)20-9-7-8-10-21(20)36-27(34)35-33(15-16-33)28(36)39/h7-10,12-13,22-25,27,35H,11,14-18H2,1-6H3. The lowest BCUT2D eigenvalue weighted by Gasteiger charge is -2.65. The molecule has 0 radical (unpaired) electrons. The van der Waals surface area contributed by atoms with Gasteiger partial charge in [0, 0.05) is 35.8 Å². The number of para-hydroxylation sites is 1. The fourth-order valence-corrected chi connectivity index (χ4v) is 11.1. The fraction of sp³-hybridized carbons (Fsp3) is 0.676. The molecule has 3 saturated carbocycles. The molecule has 0 aromatic heterocycles. The number of carbonyl (C=O) groups excluding carboxylic acids is 3. The van der Waals surface area contributed by atoms with Crippen molar-refractivity contribution < 1.29 is 28.6 Å². The van der Waals surface area contributed by atoms with E-state index in [1.165, 1.54) is 6.92 Å². The molecule has 4 heterocycles. The van der Waals surface area contributed by atoms with Crippen molar-refractivity contribution in [2.24, 2.45) is 28.6 Å². The maximum atomic E-state index is 13.8. The van der Waals surface area contributed by atoms with Crippen molar-refractivity contribution in [1.82, 2.24) is 5.32 Å². The summed E-state index contributed by atoms with van der Waals surface area (Å²) in [6.07, 6.45) is 7.80. The lowest BCUT2D eigenvalue weighted by Crippen LogP contribution is -2.66. The third-order valence-corrected chi connectivity index (χ3v) is 12.9. The van der Waals surface area contributed by atoms with Gasteiger partial charge >= 0.3 is 11.9 Å². The van der Waals surface area contributed by atoms with Crippen LogP contribution in [0.4, 0.5) is 5.69 Å². The Balaban J connectivity index is 1.28. The molecule has 1 aromatic carbocycles. The number of allylic oxidation sites excluding steroid dienone is 1. The number of benzene rings is 1. The lowest BCUT2D eigenvalue weighted by atomic mass is 9.40. The van der Waals surface area contributed by atoms with Crippen LogP contribution in [-0.4, -0.2) is 46.9 Å². The number of hydrogen-bond acceptors (Lipinski definition) is 7. The zero-order chi connectivity index (χ0) is 29.7. The summed E-state index contributed by atoms with van der Waals surface area (Å²) in [5, 5.41) is 3.77. The first-order valence-corrected chi connectivity index (χ1v) is 15.7. The second-order valence-electron chi connectivity index (χ2n) is 15.4. The smallest absolute Gasteiger partial charge is 0.330 e. The Morgan fingerprint density at radius 2 is 1.76 bits per heavy atom. The minimum Gasteiger partial charge on any atom is -0.462 e. The molecule has 1 amide bonds. The van der Waals surface area contributed by atoms with Crippen LogP contribution in [0.1, 0.15) is 85.6 Å². The average molecular weight is 575 g/mol.